The van der Waals surface area contributed by atoms with Gasteiger partial charge in [-0.1, -0.05) is 24.1 Å². The van der Waals surface area contributed by atoms with Crippen LogP contribution in [0.2, 0.25) is 0 Å². The highest BCUT2D eigenvalue weighted by Gasteiger charge is 2.21. The topological polar surface area (TPSA) is 67.9 Å². The summed E-state index contributed by atoms with van der Waals surface area (Å²) in [5.41, 5.74) is 1.67. The fourth-order valence-corrected chi connectivity index (χ4v) is 3.11. The van der Waals surface area contributed by atoms with Gasteiger partial charge in [0.05, 0.1) is 18.2 Å². The summed E-state index contributed by atoms with van der Waals surface area (Å²) < 4.78 is 11.4. The molecule has 1 heterocycles. The highest BCUT2D eigenvalue weighted by Crippen LogP contribution is 2.21. The second kappa shape index (κ2) is 9.76. The maximum Gasteiger partial charge on any atom is 0.257 e. The Labute approximate surface area is 170 Å². The van der Waals surface area contributed by atoms with Crippen LogP contribution in [-0.4, -0.2) is 49.6 Å². The Bertz CT molecular complexity index is 913. The third-order valence-electron chi connectivity index (χ3n) is 4.61. The highest BCUT2D eigenvalue weighted by molar-refractivity contribution is 6.00. The molecule has 6 heteroatoms. The van der Waals surface area contributed by atoms with Gasteiger partial charge < -0.3 is 19.7 Å². The molecule has 0 spiro atoms. The van der Waals surface area contributed by atoms with Gasteiger partial charge in [0.1, 0.15) is 12.4 Å². The van der Waals surface area contributed by atoms with E-state index in [1.807, 2.05) is 6.07 Å². The van der Waals surface area contributed by atoms with Crippen molar-refractivity contribution in [3.05, 3.63) is 59.7 Å². The van der Waals surface area contributed by atoms with E-state index < -0.39 is 0 Å². The minimum Gasteiger partial charge on any atom is -0.490 e. The second-order valence-electron chi connectivity index (χ2n) is 6.88. The average Bonchev–Trinajstić information content (AvgIpc) is 3.25. The molecule has 2 aromatic rings. The predicted octanol–water partition coefficient (Wildman–Crippen LogP) is 2.94. The van der Waals surface area contributed by atoms with Crippen LogP contribution in [0.1, 0.15) is 28.8 Å². The van der Waals surface area contributed by atoms with Crippen molar-refractivity contribution in [2.75, 3.05) is 32.1 Å². The first kappa shape index (κ1) is 20.4. The number of nitrogens with zero attached hydrogens (tertiary/aromatic N) is 1. The van der Waals surface area contributed by atoms with Gasteiger partial charge in [0, 0.05) is 24.9 Å². The molecule has 1 saturated heterocycles. The molecule has 29 heavy (non-hydrogen) atoms. The monoisotopic (exact) mass is 392 g/mol. The standard InChI is InChI=1S/C23H24N2O4/c1-3-17-8-6-9-18(14-17)24-22(26)15-25(2)23(27)20-11-4-5-12-21(20)29-16-19-10-7-13-28-19/h1,4-6,8-9,11-12,14,19H,7,10,13,15-16H2,2H3,(H,24,26). The molecule has 150 valence electrons. The van der Waals surface area contributed by atoms with E-state index in [0.29, 0.717) is 29.2 Å². The van der Waals surface area contributed by atoms with Crippen molar-refractivity contribution in [1.82, 2.24) is 4.90 Å². The number of nitrogens with one attached hydrogen (secondary N) is 1. The Kier molecular flexibility index (Phi) is 6.88. The number of para-hydroxylation sites is 1. The van der Waals surface area contributed by atoms with Gasteiger partial charge in [-0.25, -0.2) is 0 Å². The van der Waals surface area contributed by atoms with Gasteiger partial charge in [0.25, 0.3) is 5.91 Å². The first-order valence-corrected chi connectivity index (χ1v) is 9.52. The van der Waals surface area contributed by atoms with Gasteiger partial charge in [-0.2, -0.15) is 0 Å². The number of hydrogen-bond acceptors (Lipinski definition) is 4. The minimum absolute atomic E-state index is 0.0560. The first-order valence-electron chi connectivity index (χ1n) is 9.52. The molecular weight excluding hydrogens is 368 g/mol. The number of hydrogen-bond donors (Lipinski definition) is 1. The molecule has 2 aromatic carbocycles. The molecule has 1 N–H and O–H groups in total. The maximum atomic E-state index is 12.9. The van der Waals surface area contributed by atoms with E-state index in [0.717, 1.165) is 19.4 Å². The van der Waals surface area contributed by atoms with Crippen molar-refractivity contribution < 1.29 is 19.1 Å². The van der Waals surface area contributed by atoms with E-state index in [-0.39, 0.29) is 24.5 Å². The second-order valence-corrected chi connectivity index (χ2v) is 6.88. The molecule has 1 fully saturated rings. The number of rotatable bonds is 7. The quantitative estimate of drug-likeness (QED) is 0.736. The Morgan fingerprint density at radius 3 is 2.86 bits per heavy atom. The van der Waals surface area contributed by atoms with Crippen molar-refractivity contribution in [3.8, 4) is 18.1 Å². The molecule has 1 aliphatic heterocycles. The molecule has 0 radical (unpaired) electrons. The van der Waals surface area contributed by atoms with Crippen molar-refractivity contribution in [2.45, 2.75) is 18.9 Å². The van der Waals surface area contributed by atoms with E-state index in [4.69, 9.17) is 15.9 Å². The summed E-state index contributed by atoms with van der Waals surface area (Å²) in [5, 5.41) is 2.75. The van der Waals surface area contributed by atoms with E-state index in [1.54, 1.807) is 49.5 Å². The summed E-state index contributed by atoms with van der Waals surface area (Å²) in [4.78, 5) is 26.6. The van der Waals surface area contributed by atoms with Gasteiger partial charge >= 0.3 is 0 Å². The largest absolute Gasteiger partial charge is 0.490 e. The van der Waals surface area contributed by atoms with E-state index >= 15 is 0 Å². The zero-order chi connectivity index (χ0) is 20.6. The van der Waals surface area contributed by atoms with Crippen LogP contribution >= 0.6 is 0 Å². The number of ether oxygens (including phenoxy) is 2. The molecular formula is C23H24N2O4. The van der Waals surface area contributed by atoms with Gasteiger partial charge in [-0.3, -0.25) is 9.59 Å². The van der Waals surface area contributed by atoms with Crippen LogP contribution in [0.3, 0.4) is 0 Å². The van der Waals surface area contributed by atoms with Crippen LogP contribution in [0.5, 0.6) is 5.75 Å². The van der Waals surface area contributed by atoms with Crippen LogP contribution in [0.15, 0.2) is 48.5 Å². The average molecular weight is 392 g/mol. The maximum absolute atomic E-state index is 12.9. The lowest BCUT2D eigenvalue weighted by Crippen LogP contribution is -2.35. The summed E-state index contributed by atoms with van der Waals surface area (Å²) in [7, 11) is 1.58. The van der Waals surface area contributed by atoms with E-state index in [1.165, 1.54) is 4.90 Å². The number of benzene rings is 2. The molecule has 0 aliphatic carbocycles. The Hall–Kier alpha value is -3.30. The number of carbonyl (C=O) groups is 2. The van der Waals surface area contributed by atoms with Crippen molar-refractivity contribution in [3.63, 3.8) is 0 Å². The normalized spacial score (nSPS) is 15.4. The number of amides is 2. The van der Waals surface area contributed by atoms with E-state index in [2.05, 4.69) is 11.2 Å². The SMILES string of the molecule is C#Cc1cccc(NC(=O)CN(C)C(=O)c2ccccc2OCC2CCCO2)c1. The van der Waals surface area contributed by atoms with Gasteiger partial charge in [0.15, 0.2) is 0 Å². The molecule has 1 unspecified atom stereocenters. The lowest BCUT2D eigenvalue weighted by Gasteiger charge is -2.19. The Morgan fingerprint density at radius 2 is 2.10 bits per heavy atom. The lowest BCUT2D eigenvalue weighted by atomic mass is 10.1. The van der Waals surface area contributed by atoms with Gasteiger partial charge in [0.2, 0.25) is 5.91 Å². The Balaban J connectivity index is 1.60. The fourth-order valence-electron chi connectivity index (χ4n) is 3.11. The zero-order valence-corrected chi connectivity index (χ0v) is 16.4. The smallest absolute Gasteiger partial charge is 0.257 e. The number of likely N-dealkylation sites (N-methyl/N-ethyl adjacent to an activating group) is 1. The summed E-state index contributed by atoms with van der Waals surface area (Å²) in [5.74, 6) is 2.41. The van der Waals surface area contributed by atoms with Crippen LogP contribution in [-0.2, 0) is 9.53 Å². The summed E-state index contributed by atoms with van der Waals surface area (Å²) in [6.07, 6.45) is 7.41. The van der Waals surface area contributed by atoms with Crippen LogP contribution in [0.4, 0.5) is 5.69 Å². The molecule has 1 atom stereocenters. The number of carbonyl (C=O) groups excluding carboxylic acids is 2. The van der Waals surface area contributed by atoms with Crippen molar-refractivity contribution >= 4 is 17.5 Å². The zero-order valence-electron chi connectivity index (χ0n) is 16.4. The van der Waals surface area contributed by atoms with Crippen LogP contribution in [0.25, 0.3) is 0 Å². The van der Waals surface area contributed by atoms with Crippen LogP contribution < -0.4 is 10.1 Å². The Morgan fingerprint density at radius 1 is 1.28 bits per heavy atom. The lowest BCUT2D eigenvalue weighted by molar-refractivity contribution is -0.116. The summed E-state index contributed by atoms with van der Waals surface area (Å²) >= 11 is 0. The molecule has 0 saturated carbocycles. The van der Waals surface area contributed by atoms with Gasteiger partial charge in [-0.15, -0.1) is 6.42 Å². The fraction of sp³-hybridized carbons (Fsp3) is 0.304. The molecule has 2 amide bonds. The van der Waals surface area contributed by atoms with Crippen LogP contribution in [0, 0.1) is 12.3 Å². The number of anilines is 1. The third-order valence-corrected chi connectivity index (χ3v) is 4.61. The molecule has 6 nitrogen and oxygen atoms in total. The number of terminal acetylenes is 1. The van der Waals surface area contributed by atoms with E-state index in [9.17, 15) is 9.59 Å². The van der Waals surface area contributed by atoms with Crippen molar-refractivity contribution in [2.24, 2.45) is 0 Å². The predicted molar refractivity (Wildman–Crippen MR) is 111 cm³/mol. The molecule has 0 bridgehead atoms. The first-order chi connectivity index (χ1) is 14.1. The summed E-state index contributed by atoms with van der Waals surface area (Å²) in [6, 6.07) is 14.0. The molecule has 3 rings (SSSR count). The minimum atomic E-state index is -0.312. The third kappa shape index (κ3) is 5.59. The molecule has 1 aliphatic rings. The van der Waals surface area contributed by atoms with Gasteiger partial charge in [-0.05, 0) is 43.2 Å². The highest BCUT2D eigenvalue weighted by atomic mass is 16.5. The summed E-state index contributed by atoms with van der Waals surface area (Å²) in [6.45, 7) is 1.05. The molecule has 0 aromatic heterocycles. The van der Waals surface area contributed by atoms with Crippen molar-refractivity contribution in [1.29, 1.82) is 0 Å².